The van der Waals surface area contributed by atoms with Crippen LogP contribution in [0.1, 0.15) is 45.0 Å². The molecule has 0 fully saturated rings. The van der Waals surface area contributed by atoms with Crippen LogP contribution >= 0.6 is 0 Å². The van der Waals surface area contributed by atoms with Gasteiger partial charge in [-0.1, -0.05) is 13.8 Å². The molecule has 1 atom stereocenters. The summed E-state index contributed by atoms with van der Waals surface area (Å²) >= 11 is 0. The summed E-state index contributed by atoms with van der Waals surface area (Å²) in [6.07, 6.45) is 5.35. The zero-order valence-electron chi connectivity index (χ0n) is 15.9. The molecular formula is C20H27N3O3. The first-order valence-electron chi connectivity index (χ1n) is 9.17. The van der Waals surface area contributed by atoms with Gasteiger partial charge in [0.05, 0.1) is 12.5 Å². The maximum absolute atomic E-state index is 13.2. The van der Waals surface area contributed by atoms with E-state index in [0.717, 1.165) is 17.8 Å². The lowest BCUT2D eigenvalue weighted by atomic mass is 10.0. The van der Waals surface area contributed by atoms with Gasteiger partial charge in [-0.15, -0.1) is 0 Å². The summed E-state index contributed by atoms with van der Waals surface area (Å²) in [6.45, 7) is 9.09. The van der Waals surface area contributed by atoms with E-state index in [9.17, 15) is 9.59 Å². The van der Waals surface area contributed by atoms with Crippen LogP contribution in [0.3, 0.4) is 0 Å². The van der Waals surface area contributed by atoms with Crippen LogP contribution < -0.4 is 0 Å². The van der Waals surface area contributed by atoms with E-state index in [1.165, 1.54) is 0 Å². The van der Waals surface area contributed by atoms with Gasteiger partial charge in [-0.2, -0.15) is 0 Å². The molecule has 2 aromatic rings. The molecule has 0 saturated carbocycles. The van der Waals surface area contributed by atoms with Crippen molar-refractivity contribution in [3.63, 3.8) is 0 Å². The minimum atomic E-state index is -0.187. The van der Waals surface area contributed by atoms with Crippen LogP contribution in [0.5, 0.6) is 0 Å². The predicted molar refractivity (Wildman–Crippen MR) is 98.4 cm³/mol. The van der Waals surface area contributed by atoms with E-state index >= 15 is 0 Å². The molecule has 2 amide bonds. The van der Waals surface area contributed by atoms with E-state index in [1.807, 2.05) is 57.0 Å². The van der Waals surface area contributed by atoms with Crippen molar-refractivity contribution in [3.8, 4) is 0 Å². The van der Waals surface area contributed by atoms with Gasteiger partial charge in [-0.25, -0.2) is 0 Å². The van der Waals surface area contributed by atoms with Crippen LogP contribution in [-0.4, -0.2) is 45.3 Å². The highest BCUT2D eigenvalue weighted by Gasteiger charge is 2.34. The third kappa shape index (κ3) is 3.41. The molecular weight excluding hydrogens is 330 g/mol. The molecule has 0 bridgehead atoms. The molecule has 1 unspecified atom stereocenters. The van der Waals surface area contributed by atoms with Crippen LogP contribution in [0.2, 0.25) is 0 Å². The molecule has 3 heterocycles. The minimum Gasteiger partial charge on any atom is -0.472 e. The summed E-state index contributed by atoms with van der Waals surface area (Å²) in [7, 11) is 0. The SMILES string of the molecule is CC(C)C(=O)N(CC(=O)N1CCn2cccc2C1c1ccoc1)C(C)C. The highest BCUT2D eigenvalue weighted by Crippen LogP contribution is 2.32. The van der Waals surface area contributed by atoms with Crippen molar-refractivity contribution in [2.24, 2.45) is 5.92 Å². The highest BCUT2D eigenvalue weighted by molar-refractivity contribution is 5.86. The molecule has 0 spiro atoms. The molecule has 6 nitrogen and oxygen atoms in total. The number of rotatable bonds is 5. The number of nitrogens with zero attached hydrogens (tertiary/aromatic N) is 3. The van der Waals surface area contributed by atoms with Gasteiger partial charge in [0.2, 0.25) is 11.8 Å². The Balaban J connectivity index is 1.87. The molecule has 1 aliphatic rings. The summed E-state index contributed by atoms with van der Waals surface area (Å²) in [4.78, 5) is 29.2. The van der Waals surface area contributed by atoms with Crippen molar-refractivity contribution in [2.75, 3.05) is 13.1 Å². The van der Waals surface area contributed by atoms with Crippen LogP contribution in [0.4, 0.5) is 0 Å². The fourth-order valence-electron chi connectivity index (χ4n) is 3.52. The number of furan rings is 1. The monoisotopic (exact) mass is 357 g/mol. The van der Waals surface area contributed by atoms with E-state index in [4.69, 9.17) is 4.42 Å². The van der Waals surface area contributed by atoms with Gasteiger partial charge in [0, 0.05) is 42.5 Å². The number of fused-ring (bicyclic) bond motifs is 1. The first-order chi connectivity index (χ1) is 12.4. The quantitative estimate of drug-likeness (QED) is 0.827. The smallest absolute Gasteiger partial charge is 0.243 e. The molecule has 2 aromatic heterocycles. The molecule has 6 heteroatoms. The summed E-state index contributed by atoms with van der Waals surface area (Å²) in [5.74, 6) is -0.159. The zero-order chi connectivity index (χ0) is 18.8. The largest absolute Gasteiger partial charge is 0.472 e. The fraction of sp³-hybridized carbons (Fsp3) is 0.500. The van der Waals surface area contributed by atoms with Crippen molar-refractivity contribution in [2.45, 2.75) is 46.3 Å². The van der Waals surface area contributed by atoms with Crippen LogP contribution in [0, 0.1) is 5.92 Å². The average Bonchev–Trinajstić information content (AvgIpc) is 3.28. The molecule has 0 aromatic carbocycles. The van der Waals surface area contributed by atoms with Crippen molar-refractivity contribution < 1.29 is 14.0 Å². The predicted octanol–water partition coefficient (Wildman–Crippen LogP) is 2.91. The van der Waals surface area contributed by atoms with Crippen LogP contribution in [0.15, 0.2) is 41.3 Å². The maximum Gasteiger partial charge on any atom is 0.243 e. The second-order valence-corrected chi connectivity index (χ2v) is 7.39. The minimum absolute atomic E-state index is 0.00796. The number of carbonyl (C=O) groups excluding carboxylic acids is 2. The van der Waals surface area contributed by atoms with Gasteiger partial charge >= 0.3 is 0 Å². The highest BCUT2D eigenvalue weighted by atomic mass is 16.3. The van der Waals surface area contributed by atoms with Crippen LogP contribution in [0.25, 0.3) is 0 Å². The van der Waals surface area contributed by atoms with Crippen molar-refractivity contribution in [1.29, 1.82) is 0 Å². The summed E-state index contributed by atoms with van der Waals surface area (Å²) < 4.78 is 7.43. The summed E-state index contributed by atoms with van der Waals surface area (Å²) in [5, 5.41) is 0. The molecule has 3 rings (SSSR count). The molecule has 0 aliphatic carbocycles. The van der Waals surface area contributed by atoms with Gasteiger partial charge in [0.15, 0.2) is 0 Å². The third-order valence-corrected chi connectivity index (χ3v) is 4.92. The molecule has 1 aliphatic heterocycles. The normalized spacial score (nSPS) is 16.8. The van der Waals surface area contributed by atoms with E-state index in [2.05, 4.69) is 4.57 Å². The standard InChI is InChI=1S/C20H27N3O3/c1-14(2)20(25)23(15(3)4)12-18(24)22-10-9-21-8-5-6-17(21)19(22)16-7-11-26-13-16/h5-8,11,13-15,19H,9-10,12H2,1-4H3. The average molecular weight is 357 g/mol. The summed E-state index contributed by atoms with van der Waals surface area (Å²) in [6, 6.07) is 5.73. The lowest BCUT2D eigenvalue weighted by Gasteiger charge is -2.38. The molecule has 0 N–H and O–H groups in total. The Morgan fingerprint density at radius 1 is 1.23 bits per heavy atom. The van der Waals surface area contributed by atoms with Gasteiger partial charge < -0.3 is 18.8 Å². The third-order valence-electron chi connectivity index (χ3n) is 4.92. The second-order valence-electron chi connectivity index (χ2n) is 7.39. The Labute approximate surface area is 154 Å². The van der Waals surface area contributed by atoms with E-state index in [1.54, 1.807) is 17.4 Å². The zero-order valence-corrected chi connectivity index (χ0v) is 15.9. The van der Waals surface area contributed by atoms with Gasteiger partial charge in [-0.05, 0) is 32.0 Å². The lowest BCUT2D eigenvalue weighted by molar-refractivity contribution is -0.145. The number of hydrogen-bond donors (Lipinski definition) is 0. The van der Waals surface area contributed by atoms with E-state index in [-0.39, 0.29) is 36.4 Å². The second kappa shape index (κ2) is 7.40. The van der Waals surface area contributed by atoms with E-state index < -0.39 is 0 Å². The van der Waals surface area contributed by atoms with Crippen molar-refractivity contribution >= 4 is 11.8 Å². The van der Waals surface area contributed by atoms with E-state index in [0.29, 0.717) is 6.54 Å². The Kier molecular flexibility index (Phi) is 5.20. The van der Waals surface area contributed by atoms with Crippen LogP contribution in [-0.2, 0) is 16.1 Å². The molecule has 26 heavy (non-hydrogen) atoms. The number of carbonyl (C=O) groups is 2. The first kappa shape index (κ1) is 18.3. The fourth-order valence-corrected chi connectivity index (χ4v) is 3.52. The van der Waals surface area contributed by atoms with Crippen molar-refractivity contribution in [3.05, 3.63) is 48.2 Å². The summed E-state index contributed by atoms with van der Waals surface area (Å²) in [5.41, 5.74) is 2.02. The Bertz CT molecular complexity index is 761. The van der Waals surface area contributed by atoms with Crippen molar-refractivity contribution in [1.82, 2.24) is 14.4 Å². The molecule has 0 radical (unpaired) electrons. The Hall–Kier alpha value is -2.50. The van der Waals surface area contributed by atoms with Gasteiger partial charge in [0.25, 0.3) is 0 Å². The number of aromatic nitrogens is 1. The van der Waals surface area contributed by atoms with Gasteiger partial charge in [0.1, 0.15) is 12.6 Å². The number of amides is 2. The molecule has 0 saturated heterocycles. The first-order valence-corrected chi connectivity index (χ1v) is 9.17. The molecule has 140 valence electrons. The topological polar surface area (TPSA) is 58.7 Å². The number of hydrogen-bond acceptors (Lipinski definition) is 3. The maximum atomic E-state index is 13.2. The Morgan fingerprint density at radius 2 is 2.00 bits per heavy atom. The van der Waals surface area contributed by atoms with Gasteiger partial charge in [-0.3, -0.25) is 9.59 Å². The lowest BCUT2D eigenvalue weighted by Crippen LogP contribution is -2.50. The Morgan fingerprint density at radius 3 is 2.62 bits per heavy atom.